The van der Waals surface area contributed by atoms with Gasteiger partial charge in [0.15, 0.2) is 0 Å². The van der Waals surface area contributed by atoms with Gasteiger partial charge in [0, 0.05) is 49.7 Å². The quantitative estimate of drug-likeness (QED) is 0.923. The van der Waals surface area contributed by atoms with Gasteiger partial charge in [-0.1, -0.05) is 23.7 Å². The van der Waals surface area contributed by atoms with Crippen LogP contribution in [0, 0.1) is 5.92 Å². The number of hydrogen-bond donors (Lipinski definition) is 1. The Bertz CT molecular complexity index is 534. The van der Waals surface area contributed by atoms with Crippen molar-refractivity contribution >= 4 is 17.5 Å². The van der Waals surface area contributed by atoms with E-state index in [1.807, 2.05) is 12.1 Å². The molecule has 0 radical (unpaired) electrons. The number of halogens is 1. The smallest absolute Gasteiger partial charge is 0.225 e. The Hall–Kier alpha value is -1.10. The molecule has 23 heavy (non-hydrogen) atoms. The largest absolute Gasteiger partial charge is 0.341 e. The zero-order chi connectivity index (χ0) is 16.2. The number of nitrogens with two attached hydrogens (primary N) is 1. The highest BCUT2D eigenvalue weighted by atomic mass is 35.5. The van der Waals surface area contributed by atoms with Crippen LogP contribution in [0.25, 0.3) is 0 Å². The maximum atomic E-state index is 12.6. The Labute approximate surface area is 143 Å². The fourth-order valence-corrected chi connectivity index (χ4v) is 3.82. The molecule has 1 aromatic rings. The van der Waals surface area contributed by atoms with Crippen LogP contribution >= 0.6 is 11.6 Å². The van der Waals surface area contributed by atoms with Crippen molar-refractivity contribution in [2.45, 2.75) is 38.3 Å². The molecular weight excluding hydrogens is 310 g/mol. The lowest BCUT2D eigenvalue weighted by Gasteiger charge is -2.24. The van der Waals surface area contributed by atoms with Crippen LogP contribution in [0.3, 0.4) is 0 Å². The minimum atomic E-state index is 0.160. The van der Waals surface area contributed by atoms with Crippen molar-refractivity contribution in [2.75, 3.05) is 26.2 Å². The first-order valence-electron chi connectivity index (χ1n) is 8.63. The Morgan fingerprint density at radius 3 is 2.61 bits per heavy atom. The Morgan fingerprint density at radius 2 is 1.91 bits per heavy atom. The van der Waals surface area contributed by atoms with E-state index in [0.29, 0.717) is 5.91 Å². The number of hydrogen-bond acceptors (Lipinski definition) is 3. The Balaban J connectivity index is 1.52. The third-order valence-electron chi connectivity index (χ3n) is 5.04. The van der Waals surface area contributed by atoms with E-state index in [0.717, 1.165) is 63.4 Å². The highest BCUT2D eigenvalue weighted by Gasteiger charge is 2.31. The van der Waals surface area contributed by atoms with E-state index in [-0.39, 0.29) is 12.0 Å². The van der Waals surface area contributed by atoms with Crippen LogP contribution in [0.5, 0.6) is 0 Å². The predicted molar refractivity (Wildman–Crippen MR) is 93.2 cm³/mol. The summed E-state index contributed by atoms with van der Waals surface area (Å²) < 4.78 is 0. The summed E-state index contributed by atoms with van der Waals surface area (Å²) in [5.74, 6) is 0.485. The van der Waals surface area contributed by atoms with Crippen LogP contribution < -0.4 is 5.73 Å². The van der Waals surface area contributed by atoms with Gasteiger partial charge in [-0.2, -0.15) is 0 Å². The van der Waals surface area contributed by atoms with E-state index in [1.165, 1.54) is 5.56 Å². The molecule has 1 aliphatic carbocycles. The first kappa shape index (κ1) is 16.7. The van der Waals surface area contributed by atoms with E-state index in [4.69, 9.17) is 17.3 Å². The first-order chi connectivity index (χ1) is 11.1. The van der Waals surface area contributed by atoms with E-state index < -0.39 is 0 Å². The fourth-order valence-electron chi connectivity index (χ4n) is 3.70. The molecule has 2 N–H and O–H groups in total. The monoisotopic (exact) mass is 335 g/mol. The number of nitrogens with zero attached hydrogens (tertiary/aromatic N) is 2. The van der Waals surface area contributed by atoms with Crippen LogP contribution in [0.1, 0.15) is 31.2 Å². The highest BCUT2D eigenvalue weighted by Crippen LogP contribution is 2.26. The molecule has 5 heteroatoms. The number of amides is 1. The standard InChI is InChI=1S/C18H26ClN3O/c19-16-5-2-14(3-6-16)13-21-8-1-9-22(11-10-21)18(23)15-4-7-17(20)12-15/h2-3,5-6,15,17H,1,4,7-13,20H2/t15-,17+/m1/s1. The molecule has 0 spiro atoms. The van der Waals surface area contributed by atoms with Crippen LogP contribution in [-0.2, 0) is 11.3 Å². The average Bonchev–Trinajstić information content (AvgIpc) is 2.84. The van der Waals surface area contributed by atoms with Crippen LogP contribution in [0.15, 0.2) is 24.3 Å². The van der Waals surface area contributed by atoms with Crippen molar-refractivity contribution in [3.63, 3.8) is 0 Å². The normalized spacial score (nSPS) is 26.3. The summed E-state index contributed by atoms with van der Waals surface area (Å²) in [6.07, 6.45) is 3.86. The van der Waals surface area contributed by atoms with Gasteiger partial charge in [-0.25, -0.2) is 0 Å². The first-order valence-corrected chi connectivity index (χ1v) is 9.01. The summed E-state index contributed by atoms with van der Waals surface area (Å²) in [5, 5.41) is 0.774. The lowest BCUT2D eigenvalue weighted by Crippen LogP contribution is -2.38. The minimum Gasteiger partial charge on any atom is -0.341 e. The van der Waals surface area contributed by atoms with Gasteiger partial charge in [0.25, 0.3) is 0 Å². The summed E-state index contributed by atoms with van der Waals surface area (Å²) in [6, 6.07) is 8.26. The topological polar surface area (TPSA) is 49.6 Å². The van der Waals surface area contributed by atoms with E-state index in [1.54, 1.807) is 0 Å². The molecule has 1 amide bonds. The second-order valence-electron chi connectivity index (χ2n) is 6.85. The molecule has 1 saturated carbocycles. The van der Waals surface area contributed by atoms with Gasteiger partial charge in [-0.15, -0.1) is 0 Å². The van der Waals surface area contributed by atoms with Crippen LogP contribution in [0.2, 0.25) is 5.02 Å². The molecule has 3 rings (SSSR count). The third-order valence-corrected chi connectivity index (χ3v) is 5.29. The van der Waals surface area contributed by atoms with Crippen molar-refractivity contribution in [1.82, 2.24) is 9.80 Å². The number of rotatable bonds is 3. The molecule has 1 aliphatic heterocycles. The van der Waals surface area contributed by atoms with Crippen LogP contribution in [0.4, 0.5) is 0 Å². The van der Waals surface area contributed by atoms with Crippen LogP contribution in [-0.4, -0.2) is 47.9 Å². The SMILES string of the molecule is N[C@H]1CC[C@@H](C(=O)N2CCCN(Cc3ccc(Cl)cc3)CC2)C1. The summed E-state index contributed by atoms with van der Waals surface area (Å²) in [4.78, 5) is 17.1. The summed E-state index contributed by atoms with van der Waals surface area (Å²) in [6.45, 7) is 4.61. The summed E-state index contributed by atoms with van der Waals surface area (Å²) in [5.41, 5.74) is 7.23. The third kappa shape index (κ3) is 4.46. The number of carbonyl (C=O) groups is 1. The van der Waals surface area contributed by atoms with Gasteiger partial charge in [-0.3, -0.25) is 9.69 Å². The molecule has 1 aromatic carbocycles. The van der Waals surface area contributed by atoms with E-state index >= 15 is 0 Å². The average molecular weight is 336 g/mol. The molecule has 4 nitrogen and oxygen atoms in total. The molecule has 1 saturated heterocycles. The zero-order valence-electron chi connectivity index (χ0n) is 13.6. The molecule has 2 atom stereocenters. The summed E-state index contributed by atoms with van der Waals surface area (Å²) in [7, 11) is 0. The van der Waals surface area contributed by atoms with Gasteiger partial charge in [-0.05, 0) is 43.4 Å². The Morgan fingerprint density at radius 1 is 1.13 bits per heavy atom. The van der Waals surface area contributed by atoms with Gasteiger partial charge in [0.1, 0.15) is 0 Å². The lowest BCUT2D eigenvalue weighted by atomic mass is 10.1. The lowest BCUT2D eigenvalue weighted by molar-refractivity contribution is -0.135. The van der Waals surface area contributed by atoms with Crippen molar-refractivity contribution in [3.05, 3.63) is 34.9 Å². The van der Waals surface area contributed by atoms with E-state index in [2.05, 4.69) is 21.9 Å². The highest BCUT2D eigenvalue weighted by molar-refractivity contribution is 6.30. The van der Waals surface area contributed by atoms with Gasteiger partial charge in [0.2, 0.25) is 5.91 Å². The molecular formula is C18H26ClN3O. The second kappa shape index (κ2) is 7.65. The molecule has 0 unspecified atom stereocenters. The van der Waals surface area contributed by atoms with Crippen molar-refractivity contribution in [1.29, 1.82) is 0 Å². The minimum absolute atomic E-state index is 0.160. The summed E-state index contributed by atoms with van der Waals surface area (Å²) >= 11 is 5.94. The number of benzene rings is 1. The maximum absolute atomic E-state index is 12.6. The fraction of sp³-hybridized carbons (Fsp3) is 0.611. The molecule has 0 aromatic heterocycles. The zero-order valence-corrected chi connectivity index (χ0v) is 14.3. The van der Waals surface area contributed by atoms with Crippen molar-refractivity contribution in [2.24, 2.45) is 11.7 Å². The molecule has 2 aliphatic rings. The molecule has 2 fully saturated rings. The van der Waals surface area contributed by atoms with Gasteiger partial charge >= 0.3 is 0 Å². The maximum Gasteiger partial charge on any atom is 0.225 e. The molecule has 126 valence electrons. The van der Waals surface area contributed by atoms with Gasteiger partial charge in [0.05, 0.1) is 0 Å². The Kier molecular flexibility index (Phi) is 5.57. The second-order valence-corrected chi connectivity index (χ2v) is 7.29. The van der Waals surface area contributed by atoms with Crippen molar-refractivity contribution in [3.8, 4) is 0 Å². The predicted octanol–water partition coefficient (Wildman–Crippen LogP) is 2.50. The van der Waals surface area contributed by atoms with Gasteiger partial charge < -0.3 is 10.6 Å². The van der Waals surface area contributed by atoms with Crippen molar-refractivity contribution < 1.29 is 4.79 Å². The molecule has 1 heterocycles. The number of carbonyl (C=O) groups excluding carboxylic acids is 1. The molecule has 0 bridgehead atoms. The van der Waals surface area contributed by atoms with E-state index in [9.17, 15) is 4.79 Å².